The Morgan fingerprint density at radius 1 is 1.53 bits per heavy atom. The van der Waals surface area contributed by atoms with E-state index in [1.807, 2.05) is 23.8 Å². The molecule has 0 amide bonds. The lowest BCUT2D eigenvalue weighted by atomic mass is 10.1. The van der Waals surface area contributed by atoms with Crippen LogP contribution in [-0.4, -0.2) is 11.0 Å². The molecule has 3 nitrogen and oxygen atoms in total. The second-order valence-electron chi connectivity index (χ2n) is 3.55. The maximum Gasteiger partial charge on any atom is 0.103 e. The van der Waals surface area contributed by atoms with E-state index in [4.69, 9.17) is 10.2 Å². The Morgan fingerprint density at radius 2 is 2.47 bits per heavy atom. The SMILES string of the molecule is NC(CCc1ccco1)Cc1cncs1. The van der Waals surface area contributed by atoms with Crippen LogP contribution in [0.15, 0.2) is 34.5 Å². The van der Waals surface area contributed by atoms with E-state index in [1.165, 1.54) is 4.88 Å². The van der Waals surface area contributed by atoms with Gasteiger partial charge < -0.3 is 10.2 Å². The van der Waals surface area contributed by atoms with Gasteiger partial charge in [-0.15, -0.1) is 11.3 Å². The first-order chi connectivity index (χ1) is 7.34. The number of hydrogen-bond acceptors (Lipinski definition) is 4. The smallest absolute Gasteiger partial charge is 0.103 e. The summed E-state index contributed by atoms with van der Waals surface area (Å²) in [5.74, 6) is 1.01. The van der Waals surface area contributed by atoms with Crippen molar-refractivity contribution in [2.75, 3.05) is 0 Å². The van der Waals surface area contributed by atoms with Crippen molar-refractivity contribution in [3.05, 3.63) is 40.7 Å². The van der Waals surface area contributed by atoms with Gasteiger partial charge in [-0.25, -0.2) is 0 Å². The Kier molecular flexibility index (Phi) is 3.53. The average Bonchev–Trinajstić information content (AvgIpc) is 2.86. The highest BCUT2D eigenvalue weighted by atomic mass is 32.1. The van der Waals surface area contributed by atoms with Gasteiger partial charge in [-0.1, -0.05) is 0 Å². The van der Waals surface area contributed by atoms with Crippen LogP contribution in [0.1, 0.15) is 17.1 Å². The minimum absolute atomic E-state index is 0.190. The van der Waals surface area contributed by atoms with Gasteiger partial charge in [0.2, 0.25) is 0 Å². The number of rotatable bonds is 5. The molecule has 0 aromatic carbocycles. The molecule has 15 heavy (non-hydrogen) atoms. The summed E-state index contributed by atoms with van der Waals surface area (Å²) < 4.78 is 5.25. The molecule has 0 radical (unpaired) electrons. The first-order valence-electron chi connectivity index (χ1n) is 5.00. The van der Waals surface area contributed by atoms with Crippen LogP contribution in [0.5, 0.6) is 0 Å². The highest BCUT2D eigenvalue weighted by molar-refractivity contribution is 7.09. The molecule has 0 saturated carbocycles. The highest BCUT2D eigenvalue weighted by Gasteiger charge is 2.06. The van der Waals surface area contributed by atoms with Crippen LogP contribution in [-0.2, 0) is 12.8 Å². The molecule has 0 fully saturated rings. The third kappa shape index (κ3) is 3.18. The first kappa shape index (κ1) is 10.4. The summed E-state index contributed by atoms with van der Waals surface area (Å²) in [6.45, 7) is 0. The van der Waals surface area contributed by atoms with Gasteiger partial charge >= 0.3 is 0 Å². The molecule has 4 heteroatoms. The molecule has 80 valence electrons. The lowest BCUT2D eigenvalue weighted by molar-refractivity contribution is 0.484. The van der Waals surface area contributed by atoms with E-state index in [0.717, 1.165) is 25.0 Å². The van der Waals surface area contributed by atoms with Crippen molar-refractivity contribution in [1.29, 1.82) is 0 Å². The molecular formula is C11H14N2OS. The number of nitrogens with zero attached hydrogens (tertiary/aromatic N) is 1. The van der Waals surface area contributed by atoms with E-state index in [0.29, 0.717) is 0 Å². The number of aryl methyl sites for hydroxylation is 1. The Balaban J connectivity index is 1.76. The van der Waals surface area contributed by atoms with E-state index >= 15 is 0 Å². The van der Waals surface area contributed by atoms with Gasteiger partial charge in [-0.3, -0.25) is 4.98 Å². The summed E-state index contributed by atoms with van der Waals surface area (Å²) in [5, 5.41) is 0. The van der Waals surface area contributed by atoms with Crippen LogP contribution >= 0.6 is 11.3 Å². The summed E-state index contributed by atoms with van der Waals surface area (Å²) in [5.41, 5.74) is 7.86. The van der Waals surface area contributed by atoms with E-state index in [-0.39, 0.29) is 6.04 Å². The topological polar surface area (TPSA) is 52.0 Å². The van der Waals surface area contributed by atoms with Crippen LogP contribution < -0.4 is 5.73 Å². The fourth-order valence-electron chi connectivity index (χ4n) is 1.49. The van der Waals surface area contributed by atoms with Crippen molar-refractivity contribution in [2.45, 2.75) is 25.3 Å². The molecule has 1 unspecified atom stereocenters. The fourth-order valence-corrected chi connectivity index (χ4v) is 2.18. The van der Waals surface area contributed by atoms with E-state index in [9.17, 15) is 0 Å². The van der Waals surface area contributed by atoms with E-state index in [1.54, 1.807) is 17.6 Å². The summed E-state index contributed by atoms with van der Waals surface area (Å²) in [6, 6.07) is 4.08. The maximum absolute atomic E-state index is 6.02. The predicted molar refractivity (Wildman–Crippen MR) is 60.8 cm³/mol. The molecule has 0 spiro atoms. The molecule has 0 bridgehead atoms. The number of furan rings is 1. The fraction of sp³-hybridized carbons (Fsp3) is 0.364. The molecule has 2 N–H and O–H groups in total. The van der Waals surface area contributed by atoms with Crippen LogP contribution in [0, 0.1) is 0 Å². The highest BCUT2D eigenvalue weighted by Crippen LogP contribution is 2.11. The number of hydrogen-bond donors (Lipinski definition) is 1. The summed E-state index contributed by atoms with van der Waals surface area (Å²) in [7, 11) is 0. The summed E-state index contributed by atoms with van der Waals surface area (Å²) >= 11 is 1.66. The summed E-state index contributed by atoms with van der Waals surface area (Å²) in [4.78, 5) is 5.28. The number of nitrogens with two attached hydrogens (primary N) is 1. The van der Waals surface area contributed by atoms with Crippen LogP contribution in [0.2, 0.25) is 0 Å². The van der Waals surface area contributed by atoms with Gasteiger partial charge in [0.25, 0.3) is 0 Å². The lowest BCUT2D eigenvalue weighted by Gasteiger charge is -2.08. The monoisotopic (exact) mass is 222 g/mol. The Morgan fingerprint density at radius 3 is 3.13 bits per heavy atom. The van der Waals surface area contributed by atoms with Crippen molar-refractivity contribution < 1.29 is 4.42 Å². The van der Waals surface area contributed by atoms with Crippen molar-refractivity contribution in [3.63, 3.8) is 0 Å². The van der Waals surface area contributed by atoms with Crippen molar-refractivity contribution in [3.8, 4) is 0 Å². The minimum Gasteiger partial charge on any atom is -0.469 e. The minimum atomic E-state index is 0.190. The zero-order chi connectivity index (χ0) is 10.5. The molecular weight excluding hydrogens is 208 g/mol. The Hall–Kier alpha value is -1.13. The quantitative estimate of drug-likeness (QED) is 0.844. The van der Waals surface area contributed by atoms with E-state index < -0.39 is 0 Å². The second kappa shape index (κ2) is 5.09. The second-order valence-corrected chi connectivity index (χ2v) is 4.52. The maximum atomic E-state index is 6.02. The van der Waals surface area contributed by atoms with Crippen LogP contribution in [0.25, 0.3) is 0 Å². The largest absolute Gasteiger partial charge is 0.469 e. The van der Waals surface area contributed by atoms with Gasteiger partial charge in [0, 0.05) is 23.5 Å². The van der Waals surface area contributed by atoms with Crippen LogP contribution in [0.3, 0.4) is 0 Å². The van der Waals surface area contributed by atoms with Crippen LogP contribution in [0.4, 0.5) is 0 Å². The molecule has 1 atom stereocenters. The normalized spacial score (nSPS) is 12.9. The number of aromatic nitrogens is 1. The number of thiazole rings is 1. The molecule has 2 aromatic heterocycles. The molecule has 0 aliphatic heterocycles. The zero-order valence-electron chi connectivity index (χ0n) is 8.43. The third-order valence-electron chi connectivity index (χ3n) is 2.29. The van der Waals surface area contributed by atoms with Gasteiger partial charge in [-0.05, 0) is 25.0 Å². The van der Waals surface area contributed by atoms with Gasteiger partial charge in [-0.2, -0.15) is 0 Å². The van der Waals surface area contributed by atoms with Gasteiger partial charge in [0.15, 0.2) is 0 Å². The Bertz CT molecular complexity index is 369. The molecule has 2 heterocycles. The molecule has 0 aliphatic rings. The predicted octanol–water partition coefficient (Wildman–Crippen LogP) is 2.24. The Labute approximate surface area is 92.9 Å². The molecule has 0 saturated heterocycles. The van der Waals surface area contributed by atoms with E-state index in [2.05, 4.69) is 4.98 Å². The summed E-state index contributed by atoms with van der Waals surface area (Å²) in [6.07, 6.45) is 6.35. The first-order valence-corrected chi connectivity index (χ1v) is 5.88. The van der Waals surface area contributed by atoms with Crippen molar-refractivity contribution in [2.24, 2.45) is 5.73 Å². The average molecular weight is 222 g/mol. The molecule has 2 aromatic rings. The lowest BCUT2D eigenvalue weighted by Crippen LogP contribution is -2.22. The molecule has 0 aliphatic carbocycles. The molecule has 2 rings (SSSR count). The third-order valence-corrected chi connectivity index (χ3v) is 3.09. The standard InChI is InChI=1S/C11H14N2OS/c12-9(6-11-7-13-8-15-11)3-4-10-2-1-5-14-10/h1-2,5,7-9H,3-4,6,12H2. The van der Waals surface area contributed by atoms with Crippen molar-refractivity contribution >= 4 is 11.3 Å². The van der Waals surface area contributed by atoms with Gasteiger partial charge in [0.05, 0.1) is 11.8 Å². The zero-order valence-corrected chi connectivity index (χ0v) is 9.24. The van der Waals surface area contributed by atoms with Crippen molar-refractivity contribution in [1.82, 2.24) is 4.98 Å². The van der Waals surface area contributed by atoms with Gasteiger partial charge in [0.1, 0.15) is 5.76 Å².